The average Bonchev–Trinajstić information content (AvgIpc) is 2.63. The second-order valence-electron chi connectivity index (χ2n) is 6.35. The zero-order valence-electron chi connectivity index (χ0n) is 15.3. The van der Waals surface area contributed by atoms with Crippen molar-refractivity contribution in [1.29, 1.82) is 0 Å². The molecule has 0 radical (unpaired) electrons. The van der Waals surface area contributed by atoms with Gasteiger partial charge in [0.2, 0.25) is 0 Å². The molecule has 0 atom stereocenters. The number of nitrogens with zero attached hydrogens (tertiary/aromatic N) is 1. The lowest BCUT2D eigenvalue weighted by Crippen LogP contribution is -2.43. The van der Waals surface area contributed by atoms with Gasteiger partial charge in [-0.05, 0) is 44.9 Å². The number of carbonyl (C=O) groups is 2. The van der Waals surface area contributed by atoms with Crippen molar-refractivity contribution in [1.82, 2.24) is 5.32 Å². The second kappa shape index (κ2) is 8.85. The molecule has 1 aliphatic heterocycles. The zero-order valence-corrected chi connectivity index (χ0v) is 15.3. The summed E-state index contributed by atoms with van der Waals surface area (Å²) in [7, 11) is 0. The molecule has 6 nitrogen and oxygen atoms in total. The standard InChI is InChI=1S/C19H28N2O4/c1-4-24-17(22)19(3,18(23)25-5-2)14-15-6-8-16(9-7-15)21-12-10-20-11-13-21/h6-9,20H,4-5,10-14H2,1-3H3. The lowest BCUT2D eigenvalue weighted by Gasteiger charge is -2.30. The molecule has 1 aliphatic rings. The summed E-state index contributed by atoms with van der Waals surface area (Å²) >= 11 is 0. The smallest absolute Gasteiger partial charge is 0.323 e. The molecule has 1 aromatic carbocycles. The van der Waals surface area contributed by atoms with E-state index in [-0.39, 0.29) is 19.6 Å². The number of esters is 2. The first-order valence-electron chi connectivity index (χ1n) is 8.90. The maximum Gasteiger partial charge on any atom is 0.323 e. The van der Waals surface area contributed by atoms with E-state index >= 15 is 0 Å². The van der Waals surface area contributed by atoms with Gasteiger partial charge in [-0.25, -0.2) is 0 Å². The van der Waals surface area contributed by atoms with E-state index in [0.29, 0.717) is 0 Å². The Kier molecular flexibility index (Phi) is 6.82. The van der Waals surface area contributed by atoms with E-state index in [0.717, 1.165) is 37.4 Å². The molecule has 0 aliphatic carbocycles. The number of benzene rings is 1. The molecule has 138 valence electrons. The van der Waals surface area contributed by atoms with Crippen LogP contribution in [0.5, 0.6) is 0 Å². The highest BCUT2D eigenvalue weighted by atomic mass is 16.6. The highest BCUT2D eigenvalue weighted by molar-refractivity contribution is 5.99. The van der Waals surface area contributed by atoms with E-state index < -0.39 is 17.4 Å². The number of hydrogen-bond donors (Lipinski definition) is 1. The van der Waals surface area contributed by atoms with Crippen molar-refractivity contribution in [3.8, 4) is 0 Å². The highest BCUT2D eigenvalue weighted by Crippen LogP contribution is 2.28. The first kappa shape index (κ1) is 19.2. The summed E-state index contributed by atoms with van der Waals surface area (Å²) in [5.74, 6) is -1.08. The molecule has 0 amide bonds. The van der Waals surface area contributed by atoms with Crippen molar-refractivity contribution in [3.05, 3.63) is 29.8 Å². The second-order valence-corrected chi connectivity index (χ2v) is 6.35. The van der Waals surface area contributed by atoms with E-state index in [1.165, 1.54) is 0 Å². The molecule has 0 unspecified atom stereocenters. The van der Waals surface area contributed by atoms with E-state index in [1.807, 2.05) is 24.3 Å². The molecule has 6 heteroatoms. The number of rotatable bonds is 7. The van der Waals surface area contributed by atoms with E-state index in [9.17, 15) is 9.59 Å². The third-order valence-electron chi connectivity index (χ3n) is 4.43. The van der Waals surface area contributed by atoms with Crippen LogP contribution in [-0.4, -0.2) is 51.3 Å². The third kappa shape index (κ3) is 4.72. The van der Waals surface area contributed by atoms with Crippen LogP contribution in [0.1, 0.15) is 26.3 Å². The minimum atomic E-state index is -1.33. The van der Waals surface area contributed by atoms with Gasteiger partial charge in [-0.2, -0.15) is 0 Å². The quantitative estimate of drug-likeness (QED) is 0.598. The monoisotopic (exact) mass is 348 g/mol. The minimum absolute atomic E-state index is 0.232. The number of nitrogens with one attached hydrogen (secondary N) is 1. The van der Waals surface area contributed by atoms with Crippen LogP contribution in [0, 0.1) is 5.41 Å². The molecule has 0 spiro atoms. The van der Waals surface area contributed by atoms with Crippen LogP contribution in [0.25, 0.3) is 0 Å². The van der Waals surface area contributed by atoms with Gasteiger partial charge in [-0.3, -0.25) is 9.59 Å². The number of ether oxygens (including phenoxy) is 2. The molecule has 2 rings (SSSR count). The molecule has 0 bridgehead atoms. The summed E-state index contributed by atoms with van der Waals surface area (Å²) in [6.45, 7) is 9.42. The van der Waals surface area contributed by atoms with Crippen molar-refractivity contribution in [3.63, 3.8) is 0 Å². The third-order valence-corrected chi connectivity index (χ3v) is 4.43. The fourth-order valence-electron chi connectivity index (χ4n) is 2.96. The predicted octanol–water partition coefficient (Wildman–Crippen LogP) is 1.77. The van der Waals surface area contributed by atoms with E-state index in [4.69, 9.17) is 9.47 Å². The molecule has 1 fully saturated rings. The van der Waals surface area contributed by atoms with Crippen LogP contribution in [0.2, 0.25) is 0 Å². The Morgan fingerprint density at radius 1 is 1.04 bits per heavy atom. The van der Waals surface area contributed by atoms with Crippen molar-refractivity contribution in [2.45, 2.75) is 27.2 Å². The van der Waals surface area contributed by atoms with E-state index in [2.05, 4.69) is 10.2 Å². The number of hydrogen-bond acceptors (Lipinski definition) is 6. The van der Waals surface area contributed by atoms with Crippen LogP contribution in [0.3, 0.4) is 0 Å². The Balaban J connectivity index is 2.14. The summed E-state index contributed by atoms with van der Waals surface area (Å²) < 4.78 is 10.2. The van der Waals surface area contributed by atoms with Gasteiger partial charge in [-0.1, -0.05) is 12.1 Å². The highest BCUT2D eigenvalue weighted by Gasteiger charge is 2.44. The molecule has 0 saturated carbocycles. The van der Waals surface area contributed by atoms with Gasteiger partial charge in [-0.15, -0.1) is 0 Å². The Morgan fingerprint density at radius 2 is 1.56 bits per heavy atom. The SMILES string of the molecule is CCOC(=O)C(C)(Cc1ccc(N2CCNCC2)cc1)C(=O)OCC. The van der Waals surface area contributed by atoms with Gasteiger partial charge in [0.15, 0.2) is 5.41 Å². The van der Waals surface area contributed by atoms with Gasteiger partial charge in [0.1, 0.15) is 0 Å². The largest absolute Gasteiger partial charge is 0.465 e. The van der Waals surface area contributed by atoms with Crippen LogP contribution >= 0.6 is 0 Å². The van der Waals surface area contributed by atoms with Crippen LogP contribution in [-0.2, 0) is 25.5 Å². The summed E-state index contributed by atoms with van der Waals surface area (Å²) in [5, 5.41) is 3.33. The van der Waals surface area contributed by atoms with E-state index in [1.54, 1.807) is 20.8 Å². The molecule has 1 heterocycles. The first-order chi connectivity index (χ1) is 12.0. The Hall–Kier alpha value is -2.08. The van der Waals surface area contributed by atoms with Gasteiger partial charge in [0.05, 0.1) is 13.2 Å². The van der Waals surface area contributed by atoms with Crippen LogP contribution in [0.4, 0.5) is 5.69 Å². The van der Waals surface area contributed by atoms with Gasteiger partial charge >= 0.3 is 11.9 Å². The minimum Gasteiger partial charge on any atom is -0.465 e. The van der Waals surface area contributed by atoms with Gasteiger partial charge in [0.25, 0.3) is 0 Å². The molecule has 1 aromatic rings. The normalized spacial score (nSPS) is 14.9. The summed E-state index contributed by atoms with van der Waals surface area (Å²) in [6, 6.07) is 8.01. The number of carbonyl (C=O) groups excluding carboxylic acids is 2. The van der Waals surface area contributed by atoms with Crippen molar-refractivity contribution in [2.24, 2.45) is 5.41 Å². The Morgan fingerprint density at radius 3 is 2.04 bits per heavy atom. The van der Waals surface area contributed by atoms with Gasteiger partial charge < -0.3 is 19.7 Å². The van der Waals surface area contributed by atoms with Crippen molar-refractivity contribution in [2.75, 3.05) is 44.3 Å². The lowest BCUT2D eigenvalue weighted by atomic mass is 9.83. The topological polar surface area (TPSA) is 67.9 Å². The molecule has 25 heavy (non-hydrogen) atoms. The Bertz CT molecular complexity index is 562. The molecule has 0 aromatic heterocycles. The molecular weight excluding hydrogens is 320 g/mol. The van der Waals surface area contributed by atoms with Gasteiger partial charge in [0, 0.05) is 31.9 Å². The average molecular weight is 348 g/mol. The summed E-state index contributed by atoms with van der Waals surface area (Å²) in [6.07, 6.45) is 0.256. The van der Waals surface area contributed by atoms with Crippen LogP contribution in [0.15, 0.2) is 24.3 Å². The van der Waals surface area contributed by atoms with Crippen LogP contribution < -0.4 is 10.2 Å². The summed E-state index contributed by atoms with van der Waals surface area (Å²) in [5.41, 5.74) is 0.726. The fourth-order valence-corrected chi connectivity index (χ4v) is 2.96. The first-order valence-corrected chi connectivity index (χ1v) is 8.90. The number of piperazine rings is 1. The van der Waals surface area contributed by atoms with Crippen molar-refractivity contribution < 1.29 is 19.1 Å². The zero-order chi connectivity index (χ0) is 18.3. The lowest BCUT2D eigenvalue weighted by molar-refractivity contribution is -0.170. The fraction of sp³-hybridized carbons (Fsp3) is 0.579. The molecule has 1 saturated heterocycles. The number of anilines is 1. The molecular formula is C19H28N2O4. The maximum atomic E-state index is 12.4. The Labute approximate surface area is 149 Å². The maximum absolute atomic E-state index is 12.4. The summed E-state index contributed by atoms with van der Waals surface area (Å²) in [4.78, 5) is 27.0. The predicted molar refractivity (Wildman–Crippen MR) is 96.6 cm³/mol. The molecule has 1 N–H and O–H groups in total. The van der Waals surface area contributed by atoms with Crippen molar-refractivity contribution >= 4 is 17.6 Å².